The van der Waals surface area contributed by atoms with Gasteiger partial charge < -0.3 is 14.6 Å². The van der Waals surface area contributed by atoms with Crippen molar-refractivity contribution in [2.45, 2.75) is 30.0 Å². The highest BCUT2D eigenvalue weighted by Gasteiger charge is 2.14. The summed E-state index contributed by atoms with van der Waals surface area (Å²) >= 11 is 1.70. The molecule has 0 aliphatic carbocycles. The maximum atomic E-state index is 5.31. The van der Waals surface area contributed by atoms with Crippen molar-refractivity contribution in [2.24, 2.45) is 0 Å². The minimum atomic E-state index is 0.204. The number of thioether (sulfide) groups is 1. The Morgan fingerprint density at radius 2 is 2.14 bits per heavy atom. The smallest absolute Gasteiger partial charge is 0.228 e. The Balaban J connectivity index is 1.85. The molecule has 1 unspecified atom stereocenters. The first-order valence-electron chi connectivity index (χ1n) is 7.03. The molecule has 0 radical (unpaired) electrons. The lowest BCUT2D eigenvalue weighted by molar-refractivity contribution is 0.162. The fraction of sp³-hybridized carbons (Fsp3) is 0.467. The van der Waals surface area contributed by atoms with Gasteiger partial charge in [0.05, 0.1) is 12.4 Å². The molecule has 114 valence electrons. The second kappa shape index (κ2) is 8.81. The molecule has 1 heterocycles. The number of nitrogens with one attached hydrogen (secondary N) is 1. The zero-order valence-electron chi connectivity index (χ0n) is 12.4. The number of rotatable bonds is 9. The van der Waals surface area contributed by atoms with Gasteiger partial charge in [-0.25, -0.2) is 0 Å². The number of ether oxygens (including phenoxy) is 1. The van der Waals surface area contributed by atoms with Gasteiger partial charge in [-0.3, -0.25) is 0 Å². The van der Waals surface area contributed by atoms with E-state index in [4.69, 9.17) is 9.26 Å². The van der Waals surface area contributed by atoms with Gasteiger partial charge in [0.25, 0.3) is 0 Å². The summed E-state index contributed by atoms with van der Waals surface area (Å²) in [6.07, 6.45) is 0.685. The van der Waals surface area contributed by atoms with Crippen LogP contribution in [0.15, 0.2) is 39.8 Å². The van der Waals surface area contributed by atoms with Gasteiger partial charge in [0.15, 0.2) is 5.82 Å². The third-order valence-corrected chi connectivity index (χ3v) is 3.91. The molecule has 5 nitrogen and oxygen atoms in total. The number of hydrogen-bond donors (Lipinski definition) is 1. The van der Waals surface area contributed by atoms with E-state index in [0.717, 1.165) is 12.4 Å². The molecule has 1 aromatic carbocycles. The van der Waals surface area contributed by atoms with Crippen molar-refractivity contribution < 1.29 is 9.26 Å². The van der Waals surface area contributed by atoms with E-state index in [1.54, 1.807) is 18.9 Å². The zero-order chi connectivity index (χ0) is 14.9. The van der Waals surface area contributed by atoms with Crippen LogP contribution in [0.5, 0.6) is 0 Å². The van der Waals surface area contributed by atoms with E-state index in [2.05, 4.69) is 34.5 Å². The molecule has 0 fully saturated rings. The van der Waals surface area contributed by atoms with Crippen LogP contribution in [0.1, 0.15) is 18.6 Å². The summed E-state index contributed by atoms with van der Waals surface area (Å²) in [5.41, 5.74) is 0. The monoisotopic (exact) mass is 307 g/mol. The Morgan fingerprint density at radius 1 is 1.33 bits per heavy atom. The van der Waals surface area contributed by atoms with Gasteiger partial charge >= 0.3 is 0 Å². The molecule has 0 saturated carbocycles. The largest absolute Gasteiger partial charge is 0.383 e. The first-order valence-corrected chi connectivity index (χ1v) is 8.02. The molecule has 1 N–H and O–H groups in total. The third kappa shape index (κ3) is 5.49. The van der Waals surface area contributed by atoms with E-state index < -0.39 is 0 Å². The Morgan fingerprint density at radius 3 is 2.86 bits per heavy atom. The fourth-order valence-electron chi connectivity index (χ4n) is 1.99. The van der Waals surface area contributed by atoms with Gasteiger partial charge in [-0.1, -0.05) is 30.3 Å². The van der Waals surface area contributed by atoms with E-state index in [1.807, 2.05) is 18.2 Å². The Kier molecular flexibility index (Phi) is 6.72. The maximum absolute atomic E-state index is 5.31. The van der Waals surface area contributed by atoms with Crippen LogP contribution in [0.2, 0.25) is 0 Å². The van der Waals surface area contributed by atoms with Crippen molar-refractivity contribution in [3.05, 3.63) is 42.0 Å². The second-order valence-electron chi connectivity index (χ2n) is 4.62. The molecule has 0 saturated heterocycles. The van der Waals surface area contributed by atoms with Crippen LogP contribution in [-0.4, -0.2) is 36.4 Å². The molecule has 1 aromatic heterocycles. The maximum Gasteiger partial charge on any atom is 0.228 e. The van der Waals surface area contributed by atoms with Gasteiger partial charge in [-0.05, 0) is 18.7 Å². The first-order chi connectivity index (χ1) is 10.3. The number of methoxy groups -OCH3 is 1. The van der Waals surface area contributed by atoms with Crippen molar-refractivity contribution in [1.82, 2.24) is 15.5 Å². The SMILES string of the molecule is CCNC(COC)Cc1nc(CSc2ccccc2)no1. The molecule has 0 spiro atoms. The van der Waals surface area contributed by atoms with Gasteiger partial charge in [0.1, 0.15) is 0 Å². The zero-order valence-corrected chi connectivity index (χ0v) is 13.2. The number of benzene rings is 1. The van der Waals surface area contributed by atoms with E-state index in [1.165, 1.54) is 4.90 Å². The molecule has 2 rings (SSSR count). The second-order valence-corrected chi connectivity index (χ2v) is 5.67. The van der Waals surface area contributed by atoms with Crippen LogP contribution >= 0.6 is 11.8 Å². The quantitative estimate of drug-likeness (QED) is 0.718. The molecule has 0 amide bonds. The van der Waals surface area contributed by atoms with Crippen molar-refractivity contribution in [2.75, 3.05) is 20.3 Å². The summed E-state index contributed by atoms with van der Waals surface area (Å²) in [7, 11) is 1.69. The summed E-state index contributed by atoms with van der Waals surface area (Å²) < 4.78 is 10.5. The molecular weight excluding hydrogens is 286 g/mol. The lowest BCUT2D eigenvalue weighted by atomic mass is 10.2. The molecule has 0 aliphatic heterocycles. The average molecular weight is 307 g/mol. The topological polar surface area (TPSA) is 60.2 Å². The number of nitrogens with zero attached hydrogens (tertiary/aromatic N) is 2. The fourth-order valence-corrected chi connectivity index (χ4v) is 2.75. The summed E-state index contributed by atoms with van der Waals surface area (Å²) in [4.78, 5) is 5.64. The van der Waals surface area contributed by atoms with Crippen LogP contribution < -0.4 is 5.32 Å². The summed E-state index contributed by atoms with van der Waals surface area (Å²) in [6, 6.07) is 10.4. The Hall–Kier alpha value is -1.37. The highest BCUT2D eigenvalue weighted by atomic mass is 32.2. The molecule has 0 bridgehead atoms. The molecule has 21 heavy (non-hydrogen) atoms. The molecule has 6 heteroatoms. The predicted octanol–water partition coefficient (Wildman–Crippen LogP) is 2.53. The minimum absolute atomic E-state index is 0.204. The average Bonchev–Trinajstić information content (AvgIpc) is 2.94. The number of likely N-dealkylation sites (N-methyl/N-ethyl adjacent to an activating group) is 1. The third-order valence-electron chi connectivity index (χ3n) is 2.90. The van der Waals surface area contributed by atoms with Crippen molar-refractivity contribution in [1.29, 1.82) is 0 Å². The van der Waals surface area contributed by atoms with Gasteiger partial charge in [0, 0.05) is 24.5 Å². The van der Waals surface area contributed by atoms with E-state index in [9.17, 15) is 0 Å². The van der Waals surface area contributed by atoms with Crippen molar-refractivity contribution >= 4 is 11.8 Å². The van der Waals surface area contributed by atoms with Crippen LogP contribution in [0.25, 0.3) is 0 Å². The summed E-state index contributed by atoms with van der Waals surface area (Å²) in [5, 5.41) is 7.37. The molecular formula is C15H21N3O2S. The van der Waals surface area contributed by atoms with Gasteiger partial charge in [-0.2, -0.15) is 4.98 Å². The lowest BCUT2D eigenvalue weighted by Gasteiger charge is -2.14. The summed E-state index contributed by atoms with van der Waals surface area (Å²) in [5.74, 6) is 2.09. The summed E-state index contributed by atoms with van der Waals surface area (Å²) in [6.45, 7) is 3.58. The van der Waals surface area contributed by atoms with Crippen LogP contribution in [0.3, 0.4) is 0 Å². The molecule has 1 atom stereocenters. The van der Waals surface area contributed by atoms with E-state index in [-0.39, 0.29) is 6.04 Å². The standard InChI is InChI=1S/C15H21N3O2S/c1-3-16-12(10-19-2)9-15-17-14(18-20-15)11-21-13-7-5-4-6-8-13/h4-8,12,16H,3,9-11H2,1-2H3. The van der Waals surface area contributed by atoms with Gasteiger partial charge in [0.2, 0.25) is 5.89 Å². The first kappa shape index (κ1) is 16.0. The predicted molar refractivity (Wildman–Crippen MR) is 83.3 cm³/mol. The Bertz CT molecular complexity index is 513. The normalized spacial score (nSPS) is 12.5. The van der Waals surface area contributed by atoms with Crippen molar-refractivity contribution in [3.8, 4) is 0 Å². The van der Waals surface area contributed by atoms with Crippen LogP contribution in [0, 0.1) is 0 Å². The molecule has 0 aliphatic rings. The Labute approximate surface area is 129 Å². The minimum Gasteiger partial charge on any atom is -0.383 e. The van der Waals surface area contributed by atoms with Crippen LogP contribution in [0.4, 0.5) is 0 Å². The van der Waals surface area contributed by atoms with E-state index in [0.29, 0.717) is 24.7 Å². The highest BCUT2D eigenvalue weighted by molar-refractivity contribution is 7.98. The highest BCUT2D eigenvalue weighted by Crippen LogP contribution is 2.20. The van der Waals surface area contributed by atoms with E-state index >= 15 is 0 Å². The number of aromatic nitrogens is 2. The molecule has 2 aromatic rings. The number of hydrogen-bond acceptors (Lipinski definition) is 6. The van der Waals surface area contributed by atoms with Crippen molar-refractivity contribution in [3.63, 3.8) is 0 Å². The van der Waals surface area contributed by atoms with Gasteiger partial charge in [-0.15, -0.1) is 11.8 Å². The lowest BCUT2D eigenvalue weighted by Crippen LogP contribution is -2.35. The van der Waals surface area contributed by atoms with Crippen LogP contribution in [-0.2, 0) is 16.9 Å².